The number of hydrogen-bond acceptors (Lipinski definition) is 4. The fourth-order valence-corrected chi connectivity index (χ4v) is 4.59. The van der Waals surface area contributed by atoms with Crippen LogP contribution >= 0.6 is 35.0 Å². The Kier molecular flexibility index (Phi) is 6.99. The SMILES string of the molecule is CC(Sc1cccc(Cl)c1)C(=O)Nc1ccc(Cl)c(S(=O)(=O)N(C)C)c1. The van der Waals surface area contributed by atoms with Gasteiger partial charge in [0.15, 0.2) is 0 Å². The molecule has 9 heteroatoms. The number of hydrogen-bond donors (Lipinski definition) is 1. The van der Waals surface area contributed by atoms with E-state index in [-0.39, 0.29) is 15.8 Å². The Labute approximate surface area is 167 Å². The monoisotopic (exact) mass is 432 g/mol. The van der Waals surface area contributed by atoms with Gasteiger partial charge < -0.3 is 5.32 Å². The van der Waals surface area contributed by atoms with Crippen molar-refractivity contribution in [2.75, 3.05) is 19.4 Å². The van der Waals surface area contributed by atoms with Crippen molar-refractivity contribution in [1.29, 1.82) is 0 Å². The Morgan fingerprint density at radius 3 is 2.46 bits per heavy atom. The summed E-state index contributed by atoms with van der Waals surface area (Å²) in [7, 11) is -0.875. The summed E-state index contributed by atoms with van der Waals surface area (Å²) in [6, 6.07) is 11.6. The van der Waals surface area contributed by atoms with Gasteiger partial charge in [-0.3, -0.25) is 4.79 Å². The zero-order valence-electron chi connectivity index (χ0n) is 14.4. The number of sulfonamides is 1. The molecule has 0 spiro atoms. The van der Waals surface area contributed by atoms with Gasteiger partial charge in [-0.05, 0) is 43.3 Å². The average Bonchev–Trinajstić information content (AvgIpc) is 2.56. The Bertz CT molecular complexity index is 918. The van der Waals surface area contributed by atoms with E-state index in [9.17, 15) is 13.2 Å². The van der Waals surface area contributed by atoms with Crippen LogP contribution in [0.2, 0.25) is 10.0 Å². The molecule has 5 nitrogen and oxygen atoms in total. The third-order valence-corrected chi connectivity index (χ3v) is 7.06. The molecule has 0 radical (unpaired) electrons. The van der Waals surface area contributed by atoms with E-state index in [1.807, 2.05) is 12.1 Å². The molecule has 1 N–H and O–H groups in total. The lowest BCUT2D eigenvalue weighted by Crippen LogP contribution is -2.24. The molecule has 0 bridgehead atoms. The molecule has 2 aromatic rings. The summed E-state index contributed by atoms with van der Waals surface area (Å²) in [5, 5.41) is 3.01. The molecule has 0 fully saturated rings. The van der Waals surface area contributed by atoms with E-state index in [0.29, 0.717) is 10.7 Å². The molecule has 1 amide bonds. The van der Waals surface area contributed by atoms with Crippen molar-refractivity contribution in [1.82, 2.24) is 4.31 Å². The zero-order valence-corrected chi connectivity index (χ0v) is 17.5. The Hall–Kier alpha value is -1.25. The second-order valence-corrected chi connectivity index (χ2v) is 10.0. The van der Waals surface area contributed by atoms with Crippen LogP contribution in [0.1, 0.15) is 6.92 Å². The first-order valence-corrected chi connectivity index (χ1v) is 10.6. The van der Waals surface area contributed by atoms with Gasteiger partial charge in [-0.1, -0.05) is 29.3 Å². The number of thioether (sulfide) groups is 1. The lowest BCUT2D eigenvalue weighted by atomic mass is 10.3. The number of rotatable bonds is 6. The Morgan fingerprint density at radius 2 is 1.85 bits per heavy atom. The van der Waals surface area contributed by atoms with Crippen LogP contribution in [0.3, 0.4) is 0 Å². The molecule has 26 heavy (non-hydrogen) atoms. The summed E-state index contributed by atoms with van der Waals surface area (Å²) < 4.78 is 25.7. The molecule has 140 valence electrons. The number of anilines is 1. The maximum absolute atomic E-state index is 12.4. The number of amides is 1. The normalized spacial score (nSPS) is 12.8. The lowest BCUT2D eigenvalue weighted by Gasteiger charge is -2.15. The maximum atomic E-state index is 12.4. The zero-order chi connectivity index (χ0) is 19.5. The van der Waals surface area contributed by atoms with Gasteiger partial charge >= 0.3 is 0 Å². The van der Waals surface area contributed by atoms with Crippen LogP contribution in [0.25, 0.3) is 0 Å². The van der Waals surface area contributed by atoms with Gasteiger partial charge in [-0.15, -0.1) is 11.8 Å². The van der Waals surface area contributed by atoms with Crippen molar-refractivity contribution in [3.8, 4) is 0 Å². The summed E-state index contributed by atoms with van der Waals surface area (Å²) in [5.41, 5.74) is 0.360. The average molecular weight is 433 g/mol. The molecule has 0 aliphatic heterocycles. The van der Waals surface area contributed by atoms with Crippen molar-refractivity contribution in [3.63, 3.8) is 0 Å². The second-order valence-electron chi connectivity index (χ2n) is 5.64. The van der Waals surface area contributed by atoms with E-state index in [2.05, 4.69) is 5.32 Å². The van der Waals surface area contributed by atoms with Crippen LogP contribution in [0, 0.1) is 0 Å². The molecule has 0 heterocycles. The molecule has 0 aliphatic rings. The van der Waals surface area contributed by atoms with Crippen molar-refractivity contribution in [3.05, 3.63) is 52.5 Å². The first-order chi connectivity index (χ1) is 12.1. The van der Waals surface area contributed by atoms with Crippen molar-refractivity contribution < 1.29 is 13.2 Å². The fourth-order valence-electron chi connectivity index (χ4n) is 2.02. The molecular formula is C17H18Cl2N2O3S2. The van der Waals surface area contributed by atoms with E-state index in [0.717, 1.165) is 9.20 Å². The molecule has 0 saturated carbocycles. The van der Waals surface area contributed by atoms with Crippen molar-refractivity contribution in [2.45, 2.75) is 22.0 Å². The highest BCUT2D eigenvalue weighted by Crippen LogP contribution is 2.29. The number of carbonyl (C=O) groups is 1. The van der Waals surface area contributed by atoms with E-state index < -0.39 is 15.3 Å². The van der Waals surface area contributed by atoms with E-state index >= 15 is 0 Å². The van der Waals surface area contributed by atoms with Gasteiger partial charge in [0.05, 0.1) is 10.3 Å². The minimum atomic E-state index is -3.71. The molecular weight excluding hydrogens is 415 g/mol. The van der Waals surface area contributed by atoms with Crippen LogP contribution in [-0.4, -0.2) is 38.0 Å². The molecule has 0 aliphatic carbocycles. The molecule has 1 unspecified atom stereocenters. The van der Waals surface area contributed by atoms with Crippen LogP contribution in [0.4, 0.5) is 5.69 Å². The van der Waals surface area contributed by atoms with Crippen LogP contribution < -0.4 is 5.32 Å². The third kappa shape index (κ3) is 5.14. The van der Waals surface area contributed by atoms with Gasteiger partial charge in [0, 0.05) is 29.7 Å². The summed E-state index contributed by atoms with van der Waals surface area (Å²) in [6.45, 7) is 1.76. The first-order valence-electron chi connectivity index (χ1n) is 7.56. The standard InChI is InChI=1S/C17H18Cl2N2O3S2/c1-11(25-14-6-4-5-12(18)9-14)17(22)20-13-7-8-15(19)16(10-13)26(23,24)21(2)3/h4-11H,1-3H3,(H,20,22). The van der Waals surface area contributed by atoms with E-state index in [4.69, 9.17) is 23.2 Å². The summed E-state index contributed by atoms with van der Waals surface area (Å²) in [5.74, 6) is -0.259. The van der Waals surface area contributed by atoms with Gasteiger partial charge in [0.25, 0.3) is 0 Å². The van der Waals surface area contributed by atoms with Crippen LogP contribution in [0.5, 0.6) is 0 Å². The van der Waals surface area contributed by atoms with Crippen LogP contribution in [-0.2, 0) is 14.8 Å². The Balaban J connectivity index is 2.16. The quantitative estimate of drug-likeness (QED) is 0.688. The predicted molar refractivity (Wildman–Crippen MR) is 108 cm³/mol. The minimum absolute atomic E-state index is 0.0582. The maximum Gasteiger partial charge on any atom is 0.244 e. The highest BCUT2D eigenvalue weighted by atomic mass is 35.5. The van der Waals surface area contributed by atoms with Crippen LogP contribution in [0.15, 0.2) is 52.3 Å². The number of carbonyl (C=O) groups excluding carboxylic acids is 1. The fraction of sp³-hybridized carbons (Fsp3) is 0.235. The summed E-state index contributed by atoms with van der Waals surface area (Å²) in [6.07, 6.45) is 0. The highest BCUT2D eigenvalue weighted by Gasteiger charge is 2.22. The van der Waals surface area contributed by atoms with Crippen molar-refractivity contribution >= 4 is 56.6 Å². The first kappa shape index (κ1) is 21.1. The van der Waals surface area contributed by atoms with E-state index in [1.54, 1.807) is 25.1 Å². The smallest absolute Gasteiger partial charge is 0.244 e. The predicted octanol–water partition coefficient (Wildman–Crippen LogP) is 4.36. The Morgan fingerprint density at radius 1 is 1.15 bits per heavy atom. The lowest BCUT2D eigenvalue weighted by molar-refractivity contribution is -0.115. The molecule has 2 rings (SSSR count). The number of halogens is 2. The van der Waals surface area contributed by atoms with Crippen molar-refractivity contribution in [2.24, 2.45) is 0 Å². The van der Waals surface area contributed by atoms with Gasteiger partial charge in [0.1, 0.15) is 4.90 Å². The minimum Gasteiger partial charge on any atom is -0.325 e. The number of nitrogens with one attached hydrogen (secondary N) is 1. The molecule has 0 saturated heterocycles. The van der Waals surface area contributed by atoms with E-state index in [1.165, 1.54) is 38.0 Å². The number of benzene rings is 2. The second kappa shape index (κ2) is 8.63. The summed E-state index contributed by atoms with van der Waals surface area (Å²) >= 11 is 13.3. The molecule has 1 atom stereocenters. The van der Waals surface area contributed by atoms with Gasteiger partial charge in [-0.25, -0.2) is 12.7 Å². The summed E-state index contributed by atoms with van der Waals surface area (Å²) in [4.78, 5) is 13.2. The molecule has 2 aromatic carbocycles. The largest absolute Gasteiger partial charge is 0.325 e. The van der Waals surface area contributed by atoms with Gasteiger partial charge in [0.2, 0.25) is 15.9 Å². The third-order valence-electron chi connectivity index (χ3n) is 3.44. The molecule has 0 aromatic heterocycles. The topological polar surface area (TPSA) is 66.5 Å². The number of nitrogens with zero attached hydrogens (tertiary/aromatic N) is 1. The van der Waals surface area contributed by atoms with Gasteiger partial charge in [-0.2, -0.15) is 0 Å². The highest BCUT2D eigenvalue weighted by molar-refractivity contribution is 8.00.